The van der Waals surface area contributed by atoms with E-state index >= 15 is 0 Å². The number of Topliss-reactive ketones (excluding diaryl/α,β-unsaturated/α-hetero) is 2. The topological polar surface area (TPSA) is 115 Å². The number of ketones is 2. The molecule has 0 saturated heterocycles. The third kappa shape index (κ3) is 11.7. The predicted molar refractivity (Wildman–Crippen MR) is 60.7 cm³/mol. The summed E-state index contributed by atoms with van der Waals surface area (Å²) in [5.41, 5.74) is 0. The molecule has 9 heteroatoms. The predicted octanol–water partition coefficient (Wildman–Crippen LogP) is -2.75. The summed E-state index contributed by atoms with van der Waals surface area (Å²) in [6.45, 7) is 0.915. The van der Waals surface area contributed by atoms with Crippen LogP contribution in [0.25, 0.3) is 0 Å². The number of esters is 2. The summed E-state index contributed by atoms with van der Waals surface area (Å²) in [7, 11) is 0. The SMILES string of the molecule is CC(=O)C(=O)OC(=O)CCC(=O)C(=O)O.[SrH2].[SrH2]. The standard InChI is InChI=1S/C8H8O7.2Sr.4H/c1-4(9)8(14)15-6(11)3-2-5(10)7(12)13;;;;;;/h2-3H2,1H3,(H,12,13);;;;;;. The number of carbonyl (C=O) groups excluding carboxylic acids is 4. The van der Waals surface area contributed by atoms with Crippen LogP contribution < -0.4 is 0 Å². The average Bonchev–Trinajstić information content (AvgIpc) is 2.13. The molecule has 0 aliphatic rings. The van der Waals surface area contributed by atoms with Gasteiger partial charge in [0.1, 0.15) is 0 Å². The normalized spacial score (nSPS) is 8.06. The maximum absolute atomic E-state index is 10.7. The quantitative estimate of drug-likeness (QED) is 0.232. The first-order chi connectivity index (χ1) is 6.84. The number of carboxylic acids is 1. The summed E-state index contributed by atoms with van der Waals surface area (Å²) < 4.78 is 3.97. The Kier molecular flexibility index (Phi) is 16.2. The minimum atomic E-state index is -1.67. The molecular formula is C8H12O7Sr2. The Morgan fingerprint density at radius 2 is 1.47 bits per heavy atom. The van der Waals surface area contributed by atoms with Gasteiger partial charge in [-0.3, -0.25) is 14.4 Å². The van der Waals surface area contributed by atoms with Gasteiger partial charge in [-0.25, -0.2) is 9.59 Å². The molecule has 0 heterocycles. The average molecular weight is 395 g/mol. The van der Waals surface area contributed by atoms with E-state index in [0.29, 0.717) is 0 Å². The van der Waals surface area contributed by atoms with Crippen molar-refractivity contribution in [3.05, 3.63) is 0 Å². The number of hydrogen-bond donors (Lipinski definition) is 1. The van der Waals surface area contributed by atoms with E-state index < -0.39 is 42.3 Å². The Morgan fingerprint density at radius 3 is 1.82 bits per heavy atom. The van der Waals surface area contributed by atoms with Crippen molar-refractivity contribution in [2.24, 2.45) is 0 Å². The molecule has 0 unspecified atom stereocenters. The number of rotatable bonds is 5. The molecule has 0 amide bonds. The van der Waals surface area contributed by atoms with Gasteiger partial charge in [-0.2, -0.15) is 0 Å². The van der Waals surface area contributed by atoms with Crippen molar-refractivity contribution in [1.29, 1.82) is 0 Å². The van der Waals surface area contributed by atoms with Crippen LogP contribution in [-0.2, 0) is 28.7 Å². The second kappa shape index (κ2) is 12.0. The van der Waals surface area contributed by atoms with Crippen molar-refractivity contribution >= 4 is 120 Å². The molecular weight excluding hydrogens is 383 g/mol. The van der Waals surface area contributed by atoms with Gasteiger partial charge in [0, 0.05) is 13.3 Å². The molecule has 17 heavy (non-hydrogen) atoms. The Hall–Kier alpha value is 0.911. The van der Waals surface area contributed by atoms with Crippen LogP contribution in [0.1, 0.15) is 19.8 Å². The molecule has 0 aromatic heterocycles. The second-order valence-corrected chi connectivity index (χ2v) is 2.55. The molecule has 0 aliphatic carbocycles. The summed E-state index contributed by atoms with van der Waals surface area (Å²) in [5, 5.41) is 8.14. The molecule has 90 valence electrons. The van der Waals surface area contributed by atoms with Crippen LogP contribution in [0, 0.1) is 0 Å². The fourth-order valence-corrected chi connectivity index (χ4v) is 0.549. The van der Waals surface area contributed by atoms with E-state index in [2.05, 4.69) is 4.74 Å². The Bertz CT molecular complexity index is 337. The molecule has 0 radical (unpaired) electrons. The maximum atomic E-state index is 10.7. The number of aliphatic carboxylic acids is 1. The van der Waals surface area contributed by atoms with Gasteiger partial charge in [-0.05, 0) is 0 Å². The Balaban J connectivity index is -0.000000980. The van der Waals surface area contributed by atoms with Crippen LogP contribution >= 0.6 is 0 Å². The number of ether oxygens (including phenoxy) is 1. The first kappa shape index (κ1) is 23.0. The number of hydrogen-bond acceptors (Lipinski definition) is 6. The van der Waals surface area contributed by atoms with Gasteiger partial charge in [0.25, 0.3) is 0 Å². The third-order valence-electron chi connectivity index (χ3n) is 1.29. The summed E-state index contributed by atoms with van der Waals surface area (Å²) in [5.74, 6) is -6.22. The molecule has 0 atom stereocenters. The van der Waals surface area contributed by atoms with E-state index in [1.54, 1.807) is 0 Å². The van der Waals surface area contributed by atoms with E-state index in [1.165, 1.54) is 0 Å². The van der Waals surface area contributed by atoms with Crippen LogP contribution in [0.15, 0.2) is 0 Å². The minimum absolute atomic E-state index is 0. The molecule has 0 aliphatic heterocycles. The molecule has 0 fully saturated rings. The van der Waals surface area contributed by atoms with Crippen LogP contribution in [0.3, 0.4) is 0 Å². The van der Waals surface area contributed by atoms with Crippen LogP contribution in [0.5, 0.6) is 0 Å². The van der Waals surface area contributed by atoms with Crippen LogP contribution in [0.2, 0.25) is 0 Å². The van der Waals surface area contributed by atoms with Crippen molar-refractivity contribution in [2.45, 2.75) is 19.8 Å². The fourth-order valence-electron chi connectivity index (χ4n) is 0.549. The van der Waals surface area contributed by atoms with E-state index in [-0.39, 0.29) is 91.0 Å². The molecule has 1 N–H and O–H groups in total. The van der Waals surface area contributed by atoms with Crippen molar-refractivity contribution < 1.29 is 33.8 Å². The molecule has 0 spiro atoms. The van der Waals surface area contributed by atoms with E-state index in [1.807, 2.05) is 0 Å². The first-order valence-corrected chi connectivity index (χ1v) is 3.86. The zero-order valence-electron chi connectivity index (χ0n) is 7.81. The molecule has 0 aromatic carbocycles. The Labute approximate surface area is 171 Å². The fraction of sp³-hybridized carbons (Fsp3) is 0.375. The van der Waals surface area contributed by atoms with E-state index in [9.17, 15) is 24.0 Å². The molecule has 0 saturated carbocycles. The summed E-state index contributed by atoms with van der Waals surface area (Å²) >= 11 is 0. The number of carboxylic acid groups (broad SMARTS) is 1. The van der Waals surface area contributed by atoms with E-state index in [0.717, 1.165) is 6.92 Å². The van der Waals surface area contributed by atoms with Gasteiger partial charge in [-0.15, -0.1) is 0 Å². The van der Waals surface area contributed by atoms with Crippen molar-refractivity contribution in [1.82, 2.24) is 0 Å². The van der Waals surface area contributed by atoms with Gasteiger partial charge in [0.05, 0.1) is 6.42 Å². The van der Waals surface area contributed by atoms with Crippen molar-refractivity contribution in [2.75, 3.05) is 0 Å². The monoisotopic (exact) mass is 396 g/mol. The zero-order valence-corrected chi connectivity index (χ0v) is 7.81. The van der Waals surface area contributed by atoms with Gasteiger partial charge in [0.2, 0.25) is 11.6 Å². The molecule has 7 nitrogen and oxygen atoms in total. The summed E-state index contributed by atoms with van der Waals surface area (Å²) in [6.07, 6.45) is -1.12. The van der Waals surface area contributed by atoms with Gasteiger partial charge in [0.15, 0.2) is 0 Å². The molecule has 0 aromatic rings. The first-order valence-electron chi connectivity index (χ1n) is 3.86. The Morgan fingerprint density at radius 1 is 1.00 bits per heavy atom. The van der Waals surface area contributed by atoms with Gasteiger partial charge < -0.3 is 9.84 Å². The summed E-state index contributed by atoms with van der Waals surface area (Å²) in [4.78, 5) is 52.1. The molecule has 0 rings (SSSR count). The van der Waals surface area contributed by atoms with Crippen LogP contribution in [0.4, 0.5) is 0 Å². The van der Waals surface area contributed by atoms with Gasteiger partial charge >= 0.3 is 109 Å². The van der Waals surface area contributed by atoms with Crippen molar-refractivity contribution in [3.63, 3.8) is 0 Å². The van der Waals surface area contributed by atoms with Crippen LogP contribution in [-0.4, -0.2) is 126 Å². The van der Waals surface area contributed by atoms with Gasteiger partial charge in [-0.1, -0.05) is 0 Å². The third-order valence-corrected chi connectivity index (χ3v) is 1.29. The molecule has 0 bridgehead atoms. The van der Waals surface area contributed by atoms with Crippen molar-refractivity contribution in [3.8, 4) is 0 Å². The second-order valence-electron chi connectivity index (χ2n) is 2.55. The van der Waals surface area contributed by atoms with E-state index in [4.69, 9.17) is 5.11 Å². The number of carbonyl (C=O) groups is 5. The summed E-state index contributed by atoms with van der Waals surface area (Å²) in [6, 6.07) is 0. The zero-order chi connectivity index (χ0) is 12.0.